The normalized spacial score (nSPS) is 15.3. The minimum absolute atomic E-state index is 0.0667. The highest BCUT2D eigenvalue weighted by molar-refractivity contribution is 8.00. The number of amides is 2. The Morgan fingerprint density at radius 2 is 1.72 bits per heavy atom. The van der Waals surface area contributed by atoms with Crippen molar-refractivity contribution in [2.75, 3.05) is 17.2 Å². The first-order valence-electron chi connectivity index (χ1n) is 12.3. The molecular weight excluding hydrogens is 525 g/mol. The first-order valence-corrected chi connectivity index (χ1v) is 13.4. The monoisotopic (exact) mass is 550 g/mol. The van der Waals surface area contributed by atoms with Crippen LogP contribution in [0.25, 0.3) is 16.9 Å². The molecule has 2 heterocycles. The maximum Gasteiger partial charge on any atom is 0.240 e. The molecule has 1 N–H and O–H groups in total. The summed E-state index contributed by atoms with van der Waals surface area (Å²) in [6, 6.07) is 17.9. The second-order valence-corrected chi connectivity index (χ2v) is 10.5. The Hall–Kier alpha value is -4.05. The topological polar surface area (TPSA) is 67.2 Å². The first-order chi connectivity index (χ1) is 18.7. The predicted octanol–water partition coefficient (Wildman–Crippen LogP) is 5.65. The summed E-state index contributed by atoms with van der Waals surface area (Å²) >= 11 is 1.17. The van der Waals surface area contributed by atoms with E-state index in [1.54, 1.807) is 0 Å². The van der Waals surface area contributed by atoms with Gasteiger partial charge in [0.05, 0.1) is 22.4 Å². The lowest BCUT2D eigenvalue weighted by Crippen LogP contribution is -2.44. The van der Waals surface area contributed by atoms with E-state index in [0.29, 0.717) is 22.5 Å². The summed E-state index contributed by atoms with van der Waals surface area (Å²) in [7, 11) is 0. The third kappa shape index (κ3) is 5.42. The predicted molar refractivity (Wildman–Crippen MR) is 145 cm³/mol. The van der Waals surface area contributed by atoms with Crippen LogP contribution in [0.4, 0.5) is 19.0 Å². The molecule has 1 atom stereocenters. The maximum absolute atomic E-state index is 15.2. The van der Waals surface area contributed by atoms with Crippen LogP contribution in [-0.4, -0.2) is 39.9 Å². The molecule has 39 heavy (non-hydrogen) atoms. The Kier molecular flexibility index (Phi) is 7.47. The van der Waals surface area contributed by atoms with E-state index in [-0.39, 0.29) is 41.5 Å². The number of carbonyl (C=O) groups is 2. The van der Waals surface area contributed by atoms with E-state index in [9.17, 15) is 18.4 Å². The molecule has 1 aromatic heterocycles. The van der Waals surface area contributed by atoms with Crippen LogP contribution in [-0.2, 0) is 9.59 Å². The standard InChI is InChI=1S/C29H25F3N4O2S/c1-17(2)33-24(37)15-35-25(38)16-39-28(22-13-10-20(31)14-23(22)32)26-27(18-6-4-3-5-7-18)34-36(29(26)35)21-11-8-19(30)9-12-21/h3-14,17,28H,15-16H2,1-2H3,(H,33,37)/t28-/m0/s1. The van der Waals surface area contributed by atoms with Crippen LogP contribution in [0.3, 0.4) is 0 Å². The molecule has 0 fully saturated rings. The van der Waals surface area contributed by atoms with Gasteiger partial charge in [0, 0.05) is 28.8 Å². The third-order valence-corrected chi connectivity index (χ3v) is 7.44. The smallest absolute Gasteiger partial charge is 0.240 e. The van der Waals surface area contributed by atoms with Crippen molar-refractivity contribution < 1.29 is 22.8 Å². The van der Waals surface area contributed by atoms with Crippen LogP contribution in [0.5, 0.6) is 0 Å². The van der Waals surface area contributed by atoms with Crippen LogP contribution < -0.4 is 10.2 Å². The van der Waals surface area contributed by atoms with Gasteiger partial charge in [-0.3, -0.25) is 14.5 Å². The van der Waals surface area contributed by atoms with Crippen molar-refractivity contribution in [3.63, 3.8) is 0 Å². The van der Waals surface area contributed by atoms with Crippen LogP contribution in [0.1, 0.15) is 30.2 Å². The van der Waals surface area contributed by atoms with E-state index < -0.39 is 22.7 Å². The van der Waals surface area contributed by atoms with Crippen molar-refractivity contribution in [1.29, 1.82) is 0 Å². The molecule has 0 saturated heterocycles. The maximum atomic E-state index is 15.2. The molecule has 3 aromatic carbocycles. The number of fused-ring (bicyclic) bond motifs is 1. The number of nitrogens with one attached hydrogen (secondary N) is 1. The van der Waals surface area contributed by atoms with Crippen molar-refractivity contribution in [3.8, 4) is 16.9 Å². The van der Waals surface area contributed by atoms with Gasteiger partial charge >= 0.3 is 0 Å². The lowest BCUT2D eigenvalue weighted by molar-refractivity contribution is -0.123. The van der Waals surface area contributed by atoms with E-state index in [2.05, 4.69) is 5.32 Å². The molecule has 0 saturated carbocycles. The summed E-state index contributed by atoms with van der Waals surface area (Å²) in [5.41, 5.74) is 2.27. The minimum Gasteiger partial charge on any atom is -0.352 e. The van der Waals surface area contributed by atoms with Gasteiger partial charge in [-0.1, -0.05) is 36.4 Å². The number of carbonyl (C=O) groups excluding carboxylic acids is 2. The summed E-state index contributed by atoms with van der Waals surface area (Å²) in [6.45, 7) is 3.32. The van der Waals surface area contributed by atoms with Crippen molar-refractivity contribution in [3.05, 3.63) is 101 Å². The molecule has 0 bridgehead atoms. The molecule has 0 radical (unpaired) electrons. The molecule has 0 spiro atoms. The summed E-state index contributed by atoms with van der Waals surface area (Å²) in [5, 5.41) is 6.89. The van der Waals surface area contributed by atoms with Gasteiger partial charge < -0.3 is 5.32 Å². The summed E-state index contributed by atoms with van der Waals surface area (Å²) < 4.78 is 44.4. The number of benzene rings is 3. The minimum atomic E-state index is -0.759. The Balaban J connectivity index is 1.81. The van der Waals surface area contributed by atoms with Gasteiger partial charge in [0.15, 0.2) is 0 Å². The number of nitrogens with zero attached hydrogens (tertiary/aromatic N) is 3. The Morgan fingerprint density at radius 3 is 2.38 bits per heavy atom. The van der Waals surface area contributed by atoms with Gasteiger partial charge in [-0.2, -0.15) is 5.10 Å². The number of aromatic nitrogens is 2. The van der Waals surface area contributed by atoms with Gasteiger partial charge in [-0.15, -0.1) is 11.8 Å². The molecule has 5 rings (SSSR count). The number of anilines is 1. The second kappa shape index (κ2) is 11.0. The van der Waals surface area contributed by atoms with Gasteiger partial charge in [-0.05, 0) is 44.2 Å². The van der Waals surface area contributed by atoms with E-state index in [0.717, 1.165) is 6.07 Å². The molecule has 4 aromatic rings. The lowest BCUT2D eigenvalue weighted by atomic mass is 9.99. The van der Waals surface area contributed by atoms with Gasteiger partial charge in [0.2, 0.25) is 11.8 Å². The number of hydrogen-bond acceptors (Lipinski definition) is 4. The second-order valence-electron chi connectivity index (χ2n) is 9.40. The quantitative estimate of drug-likeness (QED) is 0.337. The molecule has 200 valence electrons. The van der Waals surface area contributed by atoms with Gasteiger partial charge in [0.25, 0.3) is 0 Å². The Labute approximate surface area is 227 Å². The summed E-state index contributed by atoms with van der Waals surface area (Å²) in [4.78, 5) is 27.8. The van der Waals surface area contributed by atoms with Crippen molar-refractivity contribution in [2.24, 2.45) is 0 Å². The van der Waals surface area contributed by atoms with Crippen LogP contribution in [0.2, 0.25) is 0 Å². The summed E-state index contributed by atoms with van der Waals surface area (Å²) in [5.74, 6) is -2.49. The highest BCUT2D eigenvalue weighted by atomic mass is 32.2. The van der Waals surface area contributed by atoms with Crippen LogP contribution in [0.15, 0.2) is 72.8 Å². The van der Waals surface area contributed by atoms with E-state index in [1.165, 1.54) is 57.7 Å². The molecule has 1 aliphatic heterocycles. The Bertz CT molecular complexity index is 1520. The van der Waals surface area contributed by atoms with Crippen molar-refractivity contribution in [1.82, 2.24) is 15.1 Å². The molecule has 0 aliphatic carbocycles. The molecule has 1 aliphatic rings. The van der Waals surface area contributed by atoms with Crippen LogP contribution >= 0.6 is 11.8 Å². The molecule has 2 amide bonds. The zero-order valence-electron chi connectivity index (χ0n) is 21.2. The number of halogens is 3. The van der Waals surface area contributed by atoms with Crippen LogP contribution in [0, 0.1) is 17.5 Å². The molecule has 0 unspecified atom stereocenters. The van der Waals surface area contributed by atoms with E-state index in [4.69, 9.17) is 5.10 Å². The molecule has 6 nitrogen and oxygen atoms in total. The lowest BCUT2D eigenvalue weighted by Gasteiger charge is -2.24. The Morgan fingerprint density at radius 1 is 1.03 bits per heavy atom. The highest BCUT2D eigenvalue weighted by Gasteiger charge is 2.38. The first kappa shape index (κ1) is 26.6. The van der Waals surface area contributed by atoms with Crippen molar-refractivity contribution in [2.45, 2.75) is 25.1 Å². The van der Waals surface area contributed by atoms with E-state index >= 15 is 4.39 Å². The SMILES string of the molecule is CC(C)NC(=O)CN1C(=O)CS[C@@H](c2ccc(F)cc2F)c2c(-c3ccccc3)nn(-c3ccc(F)cc3)c21. The zero-order valence-corrected chi connectivity index (χ0v) is 22.0. The largest absolute Gasteiger partial charge is 0.352 e. The van der Waals surface area contributed by atoms with Gasteiger partial charge in [-0.25, -0.2) is 17.9 Å². The number of rotatable bonds is 6. The zero-order chi connectivity index (χ0) is 27.7. The van der Waals surface area contributed by atoms with E-state index in [1.807, 2.05) is 44.2 Å². The van der Waals surface area contributed by atoms with Crippen molar-refractivity contribution >= 4 is 29.4 Å². The highest BCUT2D eigenvalue weighted by Crippen LogP contribution is 2.49. The average Bonchev–Trinajstić information content (AvgIpc) is 3.22. The average molecular weight is 551 g/mol. The number of hydrogen-bond donors (Lipinski definition) is 1. The molecular formula is C29H25F3N4O2S. The van der Waals surface area contributed by atoms with Gasteiger partial charge in [0.1, 0.15) is 29.8 Å². The fourth-order valence-corrected chi connectivity index (χ4v) is 5.78. The molecule has 10 heteroatoms. The third-order valence-electron chi connectivity index (χ3n) is 6.20. The number of thioether (sulfide) groups is 1. The fraction of sp³-hybridized carbons (Fsp3) is 0.207. The summed E-state index contributed by atoms with van der Waals surface area (Å²) in [6.07, 6.45) is 0. The fourth-order valence-electron chi connectivity index (χ4n) is 4.56.